The molecule has 106 valence electrons. The lowest BCUT2D eigenvalue weighted by atomic mass is 10.1. The van der Waals surface area contributed by atoms with Crippen LogP contribution in [0.5, 0.6) is 0 Å². The molecule has 1 saturated heterocycles. The van der Waals surface area contributed by atoms with Gasteiger partial charge in [-0.05, 0) is 19.4 Å². The van der Waals surface area contributed by atoms with Crippen LogP contribution in [0.25, 0.3) is 0 Å². The highest BCUT2D eigenvalue weighted by Crippen LogP contribution is 2.27. The fourth-order valence-electron chi connectivity index (χ4n) is 2.32. The van der Waals surface area contributed by atoms with Crippen molar-refractivity contribution in [2.75, 3.05) is 13.2 Å². The molecule has 5 heteroatoms. The largest absolute Gasteiger partial charge is 0.465 e. The first-order valence-corrected chi connectivity index (χ1v) is 6.62. The van der Waals surface area contributed by atoms with Gasteiger partial charge in [-0.2, -0.15) is 0 Å². The molecular formula is C15H17NO4. The first-order valence-electron chi connectivity index (χ1n) is 6.62. The molecule has 0 aromatic heterocycles. The van der Waals surface area contributed by atoms with Crippen molar-refractivity contribution in [1.29, 1.82) is 0 Å². The molecule has 2 rings (SSSR count). The molecular weight excluding hydrogens is 258 g/mol. The van der Waals surface area contributed by atoms with Crippen LogP contribution in [0.1, 0.15) is 25.5 Å². The number of nitrogens with zero attached hydrogens (tertiary/aromatic N) is 1. The Labute approximate surface area is 117 Å². The number of carbonyl (C=O) groups is 3. The Morgan fingerprint density at radius 2 is 2.00 bits per heavy atom. The highest BCUT2D eigenvalue weighted by molar-refractivity contribution is 6.42. The van der Waals surface area contributed by atoms with Crippen molar-refractivity contribution in [1.82, 2.24) is 4.90 Å². The van der Waals surface area contributed by atoms with E-state index in [0.717, 1.165) is 5.56 Å². The van der Waals surface area contributed by atoms with E-state index in [-0.39, 0.29) is 19.2 Å². The van der Waals surface area contributed by atoms with Crippen molar-refractivity contribution < 1.29 is 19.1 Å². The average molecular weight is 275 g/mol. The number of ketones is 1. The van der Waals surface area contributed by atoms with Gasteiger partial charge in [0.1, 0.15) is 5.92 Å². The lowest BCUT2D eigenvalue weighted by Gasteiger charge is -2.24. The summed E-state index contributed by atoms with van der Waals surface area (Å²) in [5.74, 6) is -2.90. The van der Waals surface area contributed by atoms with Gasteiger partial charge >= 0.3 is 5.97 Å². The smallest absolute Gasteiger partial charge is 0.318 e. The summed E-state index contributed by atoms with van der Waals surface area (Å²) in [7, 11) is 0. The Kier molecular flexibility index (Phi) is 4.17. The molecule has 0 N–H and O–H groups in total. The zero-order chi connectivity index (χ0) is 14.7. The zero-order valence-corrected chi connectivity index (χ0v) is 11.5. The van der Waals surface area contributed by atoms with E-state index in [1.165, 1.54) is 4.90 Å². The number of esters is 1. The maximum atomic E-state index is 12.0. The van der Waals surface area contributed by atoms with Gasteiger partial charge < -0.3 is 9.64 Å². The summed E-state index contributed by atoms with van der Waals surface area (Å²) >= 11 is 0. The molecule has 1 aliphatic rings. The third-order valence-corrected chi connectivity index (χ3v) is 3.49. The monoisotopic (exact) mass is 275 g/mol. The standard InChI is InChI=1S/C15H17NO4/c1-3-20-15(19)12-9-16(14(18)13(12)17)10(2)11-7-5-4-6-8-11/h4-8,10,12H,3,9H2,1-2H3/t10-,12?/m1/s1. The van der Waals surface area contributed by atoms with Crippen LogP contribution in [0.15, 0.2) is 30.3 Å². The number of carbonyl (C=O) groups excluding carboxylic acids is 3. The Morgan fingerprint density at radius 3 is 2.60 bits per heavy atom. The molecule has 1 unspecified atom stereocenters. The minimum absolute atomic E-state index is 0.0898. The molecule has 1 amide bonds. The normalized spacial score (nSPS) is 20.1. The van der Waals surface area contributed by atoms with Gasteiger partial charge in [0.05, 0.1) is 12.6 Å². The summed E-state index contributed by atoms with van der Waals surface area (Å²) < 4.78 is 4.84. The van der Waals surface area contributed by atoms with Gasteiger partial charge in [0.15, 0.2) is 0 Å². The number of amides is 1. The van der Waals surface area contributed by atoms with E-state index in [0.29, 0.717) is 0 Å². The van der Waals surface area contributed by atoms with E-state index in [4.69, 9.17) is 4.74 Å². The Balaban J connectivity index is 2.16. The average Bonchev–Trinajstić information content (AvgIpc) is 2.76. The van der Waals surface area contributed by atoms with Crippen molar-refractivity contribution in [2.45, 2.75) is 19.9 Å². The van der Waals surface area contributed by atoms with Crippen LogP contribution in [0.3, 0.4) is 0 Å². The maximum absolute atomic E-state index is 12.0. The molecule has 0 bridgehead atoms. The van der Waals surface area contributed by atoms with Crippen LogP contribution >= 0.6 is 0 Å². The topological polar surface area (TPSA) is 63.7 Å². The number of ether oxygens (including phenoxy) is 1. The highest BCUT2D eigenvalue weighted by atomic mass is 16.5. The fourth-order valence-corrected chi connectivity index (χ4v) is 2.32. The van der Waals surface area contributed by atoms with Crippen LogP contribution in [0.2, 0.25) is 0 Å². The van der Waals surface area contributed by atoms with Crippen LogP contribution in [-0.4, -0.2) is 35.7 Å². The summed E-state index contributed by atoms with van der Waals surface area (Å²) in [6, 6.07) is 9.16. The molecule has 0 radical (unpaired) electrons. The van der Waals surface area contributed by atoms with Gasteiger partial charge in [0, 0.05) is 6.54 Å². The summed E-state index contributed by atoms with van der Waals surface area (Å²) in [6.45, 7) is 3.80. The predicted octanol–water partition coefficient (Wildman–Crippen LogP) is 1.34. The number of hydrogen-bond donors (Lipinski definition) is 0. The number of Topliss-reactive ketones (excluding diaryl/α,β-unsaturated/α-hetero) is 1. The number of hydrogen-bond acceptors (Lipinski definition) is 4. The summed E-state index contributed by atoms with van der Waals surface area (Å²) in [6.07, 6.45) is 0. The molecule has 2 atom stereocenters. The molecule has 0 saturated carbocycles. The van der Waals surface area contributed by atoms with Gasteiger partial charge in [0.2, 0.25) is 5.78 Å². The maximum Gasteiger partial charge on any atom is 0.318 e. The van der Waals surface area contributed by atoms with Gasteiger partial charge in [-0.15, -0.1) is 0 Å². The molecule has 0 aliphatic carbocycles. The predicted molar refractivity (Wildman–Crippen MR) is 71.7 cm³/mol. The molecule has 1 fully saturated rings. The van der Waals surface area contributed by atoms with E-state index in [1.807, 2.05) is 37.3 Å². The zero-order valence-electron chi connectivity index (χ0n) is 11.5. The lowest BCUT2D eigenvalue weighted by molar-refractivity contribution is -0.151. The molecule has 20 heavy (non-hydrogen) atoms. The van der Waals surface area contributed by atoms with Crippen molar-refractivity contribution in [2.24, 2.45) is 5.92 Å². The van der Waals surface area contributed by atoms with E-state index in [2.05, 4.69) is 0 Å². The molecule has 1 aliphatic heterocycles. The number of likely N-dealkylation sites (tertiary alicyclic amines) is 1. The summed E-state index contributed by atoms with van der Waals surface area (Å²) in [4.78, 5) is 37.0. The molecule has 0 spiro atoms. The molecule has 1 heterocycles. The van der Waals surface area contributed by atoms with Crippen LogP contribution in [0, 0.1) is 5.92 Å². The number of rotatable bonds is 4. The van der Waals surface area contributed by atoms with Crippen LogP contribution in [0.4, 0.5) is 0 Å². The van der Waals surface area contributed by atoms with Gasteiger partial charge in [-0.1, -0.05) is 30.3 Å². The van der Waals surface area contributed by atoms with Crippen molar-refractivity contribution in [3.8, 4) is 0 Å². The second kappa shape index (κ2) is 5.86. The SMILES string of the molecule is CCOC(=O)C1CN([C@H](C)c2ccccc2)C(=O)C1=O. The fraction of sp³-hybridized carbons (Fsp3) is 0.400. The van der Waals surface area contributed by atoms with E-state index in [1.54, 1.807) is 6.92 Å². The van der Waals surface area contributed by atoms with E-state index < -0.39 is 23.6 Å². The lowest BCUT2D eigenvalue weighted by Crippen LogP contribution is -2.30. The minimum atomic E-state index is -0.992. The molecule has 1 aromatic carbocycles. The first-order chi connectivity index (χ1) is 9.56. The Bertz CT molecular complexity index is 526. The first kappa shape index (κ1) is 14.2. The quantitative estimate of drug-likeness (QED) is 0.472. The minimum Gasteiger partial charge on any atom is -0.465 e. The summed E-state index contributed by atoms with van der Waals surface area (Å²) in [5.41, 5.74) is 0.929. The van der Waals surface area contributed by atoms with Gasteiger partial charge in [0.25, 0.3) is 5.91 Å². The summed E-state index contributed by atoms with van der Waals surface area (Å²) in [5, 5.41) is 0. The van der Waals surface area contributed by atoms with Crippen LogP contribution in [-0.2, 0) is 19.1 Å². The van der Waals surface area contributed by atoms with E-state index >= 15 is 0 Å². The van der Waals surface area contributed by atoms with Crippen molar-refractivity contribution >= 4 is 17.7 Å². The van der Waals surface area contributed by atoms with Crippen molar-refractivity contribution in [3.05, 3.63) is 35.9 Å². The second-order valence-electron chi connectivity index (χ2n) is 4.71. The molecule has 5 nitrogen and oxygen atoms in total. The third-order valence-electron chi connectivity index (χ3n) is 3.49. The Hall–Kier alpha value is -2.17. The van der Waals surface area contributed by atoms with E-state index in [9.17, 15) is 14.4 Å². The Morgan fingerprint density at radius 1 is 1.35 bits per heavy atom. The highest BCUT2D eigenvalue weighted by Gasteiger charge is 2.45. The van der Waals surface area contributed by atoms with Crippen molar-refractivity contribution in [3.63, 3.8) is 0 Å². The third kappa shape index (κ3) is 2.57. The van der Waals surface area contributed by atoms with Gasteiger partial charge in [-0.3, -0.25) is 14.4 Å². The second-order valence-corrected chi connectivity index (χ2v) is 4.71. The molecule has 1 aromatic rings. The van der Waals surface area contributed by atoms with Gasteiger partial charge in [-0.25, -0.2) is 0 Å². The van der Waals surface area contributed by atoms with Crippen LogP contribution < -0.4 is 0 Å². The number of benzene rings is 1.